The Morgan fingerprint density at radius 2 is 2.32 bits per heavy atom. The van der Waals surface area contributed by atoms with Crippen molar-refractivity contribution in [3.05, 3.63) is 50.8 Å². The van der Waals surface area contributed by atoms with Gasteiger partial charge in [-0.1, -0.05) is 6.07 Å². The van der Waals surface area contributed by atoms with Gasteiger partial charge in [0.05, 0.1) is 11.0 Å². The SMILES string of the molecule is O=[N+]([O-])c1ccc(N[C@H](CCO)c2cccs2)nc1. The number of pyridine rings is 1. The zero-order valence-corrected chi connectivity index (χ0v) is 10.8. The van der Waals surface area contributed by atoms with Gasteiger partial charge in [-0.3, -0.25) is 10.1 Å². The van der Waals surface area contributed by atoms with Crippen LogP contribution in [0.15, 0.2) is 35.8 Å². The maximum Gasteiger partial charge on any atom is 0.287 e. The van der Waals surface area contributed by atoms with Crippen LogP contribution in [0.4, 0.5) is 11.5 Å². The molecule has 2 N–H and O–H groups in total. The number of aliphatic hydroxyl groups is 1. The molecule has 19 heavy (non-hydrogen) atoms. The Morgan fingerprint density at radius 3 is 2.84 bits per heavy atom. The van der Waals surface area contributed by atoms with Crippen molar-refractivity contribution in [1.82, 2.24) is 4.98 Å². The number of anilines is 1. The van der Waals surface area contributed by atoms with Gasteiger partial charge in [0.2, 0.25) is 0 Å². The molecule has 0 aliphatic rings. The molecule has 0 radical (unpaired) electrons. The summed E-state index contributed by atoms with van der Waals surface area (Å²) in [5.41, 5.74) is -0.0413. The summed E-state index contributed by atoms with van der Waals surface area (Å²) >= 11 is 1.59. The van der Waals surface area contributed by atoms with E-state index in [2.05, 4.69) is 10.3 Å². The summed E-state index contributed by atoms with van der Waals surface area (Å²) in [7, 11) is 0. The predicted molar refractivity (Wildman–Crippen MR) is 73.3 cm³/mol. The highest BCUT2D eigenvalue weighted by atomic mass is 32.1. The number of nitrogens with one attached hydrogen (secondary N) is 1. The number of hydrogen-bond donors (Lipinski definition) is 2. The van der Waals surface area contributed by atoms with Crippen LogP contribution in [0.5, 0.6) is 0 Å². The number of aromatic nitrogens is 1. The van der Waals surface area contributed by atoms with Gasteiger partial charge in [-0.25, -0.2) is 4.98 Å². The number of aliphatic hydroxyl groups excluding tert-OH is 1. The fourth-order valence-electron chi connectivity index (χ4n) is 1.66. The lowest BCUT2D eigenvalue weighted by Crippen LogP contribution is -2.12. The van der Waals surface area contributed by atoms with Crippen molar-refractivity contribution in [2.24, 2.45) is 0 Å². The normalized spacial score (nSPS) is 12.1. The Bertz CT molecular complexity index is 528. The van der Waals surface area contributed by atoms with Crippen LogP contribution in [0, 0.1) is 10.1 Å². The van der Waals surface area contributed by atoms with E-state index in [0.717, 1.165) is 4.88 Å². The maximum atomic E-state index is 10.5. The maximum absolute atomic E-state index is 10.5. The highest BCUT2D eigenvalue weighted by Gasteiger charge is 2.13. The second-order valence-electron chi connectivity index (χ2n) is 3.88. The molecule has 0 unspecified atom stereocenters. The lowest BCUT2D eigenvalue weighted by Gasteiger charge is -2.16. The third-order valence-electron chi connectivity index (χ3n) is 2.59. The van der Waals surface area contributed by atoms with Gasteiger partial charge in [-0.05, 0) is 23.9 Å². The molecule has 0 spiro atoms. The molecule has 0 fully saturated rings. The molecule has 0 saturated heterocycles. The fraction of sp³-hybridized carbons (Fsp3) is 0.250. The van der Waals surface area contributed by atoms with Gasteiger partial charge in [-0.2, -0.15) is 0 Å². The first-order chi connectivity index (χ1) is 9.20. The van der Waals surface area contributed by atoms with E-state index in [4.69, 9.17) is 5.11 Å². The van der Waals surface area contributed by atoms with E-state index in [1.807, 2.05) is 17.5 Å². The summed E-state index contributed by atoms with van der Waals surface area (Å²) in [6, 6.07) is 6.84. The molecule has 0 bridgehead atoms. The van der Waals surface area contributed by atoms with Crippen molar-refractivity contribution in [1.29, 1.82) is 0 Å². The van der Waals surface area contributed by atoms with E-state index in [0.29, 0.717) is 12.2 Å². The van der Waals surface area contributed by atoms with Crippen molar-refractivity contribution in [2.45, 2.75) is 12.5 Å². The molecule has 0 aromatic carbocycles. The average molecular weight is 279 g/mol. The second kappa shape index (κ2) is 6.26. The van der Waals surface area contributed by atoms with Crippen molar-refractivity contribution < 1.29 is 10.0 Å². The molecule has 2 aromatic heterocycles. The Balaban J connectivity index is 2.11. The van der Waals surface area contributed by atoms with Crippen LogP contribution in [0.3, 0.4) is 0 Å². The molecule has 100 valence electrons. The first-order valence-corrected chi connectivity index (χ1v) is 6.60. The van der Waals surface area contributed by atoms with Crippen molar-refractivity contribution in [3.8, 4) is 0 Å². The smallest absolute Gasteiger partial charge is 0.287 e. The lowest BCUT2D eigenvalue weighted by molar-refractivity contribution is -0.385. The van der Waals surface area contributed by atoms with Crippen molar-refractivity contribution in [2.75, 3.05) is 11.9 Å². The van der Waals surface area contributed by atoms with E-state index in [1.54, 1.807) is 17.4 Å². The standard InChI is InChI=1S/C12H13N3O3S/c16-6-5-10(11-2-1-7-19-11)14-12-4-3-9(8-13-12)15(17)18/h1-4,7-8,10,16H,5-6H2,(H,13,14)/t10-/m1/s1. The summed E-state index contributed by atoms with van der Waals surface area (Å²) in [5, 5.41) is 24.8. The monoisotopic (exact) mass is 279 g/mol. The minimum atomic E-state index is -0.485. The lowest BCUT2D eigenvalue weighted by atomic mass is 10.2. The van der Waals surface area contributed by atoms with Crippen LogP contribution in [-0.2, 0) is 0 Å². The van der Waals surface area contributed by atoms with Crippen LogP contribution in [-0.4, -0.2) is 21.6 Å². The first kappa shape index (κ1) is 13.4. The summed E-state index contributed by atoms with van der Waals surface area (Å²) in [6.45, 7) is 0.0581. The van der Waals surface area contributed by atoms with Gasteiger partial charge < -0.3 is 10.4 Å². The van der Waals surface area contributed by atoms with Gasteiger partial charge in [0.1, 0.15) is 12.0 Å². The van der Waals surface area contributed by atoms with Gasteiger partial charge >= 0.3 is 0 Å². The third-order valence-corrected chi connectivity index (χ3v) is 3.57. The molecule has 0 aliphatic heterocycles. The van der Waals surface area contributed by atoms with Crippen molar-refractivity contribution in [3.63, 3.8) is 0 Å². The van der Waals surface area contributed by atoms with E-state index in [1.165, 1.54) is 12.3 Å². The molecule has 2 heterocycles. The summed E-state index contributed by atoms with van der Waals surface area (Å²) in [4.78, 5) is 15.1. The minimum Gasteiger partial charge on any atom is -0.396 e. The number of nitro groups is 1. The number of hydrogen-bond acceptors (Lipinski definition) is 6. The minimum absolute atomic E-state index is 0.0413. The molecule has 0 amide bonds. The van der Waals surface area contributed by atoms with Gasteiger partial charge in [0.15, 0.2) is 0 Å². The molecular formula is C12H13N3O3S. The molecule has 2 rings (SSSR count). The number of rotatable bonds is 6. The second-order valence-corrected chi connectivity index (χ2v) is 4.86. The zero-order valence-electron chi connectivity index (χ0n) is 10.0. The van der Waals surface area contributed by atoms with Gasteiger partial charge in [-0.15, -0.1) is 11.3 Å². The van der Waals surface area contributed by atoms with E-state index < -0.39 is 4.92 Å². The summed E-state index contributed by atoms with van der Waals surface area (Å²) in [6.07, 6.45) is 1.77. The first-order valence-electron chi connectivity index (χ1n) is 5.72. The fourth-order valence-corrected chi connectivity index (χ4v) is 2.47. The van der Waals surface area contributed by atoms with Crippen LogP contribution in [0.25, 0.3) is 0 Å². The van der Waals surface area contributed by atoms with Crippen molar-refractivity contribution >= 4 is 22.8 Å². The van der Waals surface area contributed by atoms with Crippen LogP contribution >= 0.6 is 11.3 Å². The largest absolute Gasteiger partial charge is 0.396 e. The Morgan fingerprint density at radius 1 is 1.47 bits per heavy atom. The van der Waals surface area contributed by atoms with Crippen LogP contribution in [0.2, 0.25) is 0 Å². The molecule has 0 aliphatic carbocycles. The summed E-state index contributed by atoms with van der Waals surface area (Å²) in [5.74, 6) is 0.553. The Kier molecular flexibility index (Phi) is 4.43. The molecular weight excluding hydrogens is 266 g/mol. The predicted octanol–water partition coefficient (Wildman–Crippen LogP) is 2.59. The Hall–Kier alpha value is -1.99. The third kappa shape index (κ3) is 3.49. The topological polar surface area (TPSA) is 88.3 Å². The van der Waals surface area contributed by atoms with Gasteiger partial charge in [0, 0.05) is 17.6 Å². The zero-order chi connectivity index (χ0) is 13.7. The molecule has 0 saturated carbocycles. The highest BCUT2D eigenvalue weighted by Crippen LogP contribution is 2.25. The average Bonchev–Trinajstić information content (AvgIpc) is 2.92. The van der Waals surface area contributed by atoms with Crippen LogP contribution in [0.1, 0.15) is 17.3 Å². The number of thiophene rings is 1. The molecule has 1 atom stereocenters. The molecule has 6 nitrogen and oxygen atoms in total. The van der Waals surface area contributed by atoms with E-state index >= 15 is 0 Å². The molecule has 7 heteroatoms. The number of nitrogens with zero attached hydrogens (tertiary/aromatic N) is 2. The quantitative estimate of drug-likeness (QED) is 0.626. The van der Waals surface area contributed by atoms with E-state index in [-0.39, 0.29) is 18.3 Å². The van der Waals surface area contributed by atoms with Gasteiger partial charge in [0.25, 0.3) is 5.69 Å². The van der Waals surface area contributed by atoms with Crippen LogP contribution < -0.4 is 5.32 Å². The Labute approximate surface area is 113 Å². The van der Waals surface area contributed by atoms with E-state index in [9.17, 15) is 10.1 Å². The highest BCUT2D eigenvalue weighted by molar-refractivity contribution is 7.10. The molecule has 2 aromatic rings. The summed E-state index contributed by atoms with van der Waals surface area (Å²) < 4.78 is 0.